The molecule has 0 aliphatic heterocycles. The maximum absolute atomic E-state index is 12.8. The van der Waals surface area contributed by atoms with Gasteiger partial charge in [-0.3, -0.25) is 4.68 Å². The van der Waals surface area contributed by atoms with Crippen LogP contribution in [0.4, 0.5) is 13.2 Å². The molecule has 1 unspecified atom stereocenters. The number of aliphatic hydroxyl groups excluding tert-OH is 1. The smallest absolute Gasteiger partial charge is 0.388 e. The highest BCUT2D eigenvalue weighted by molar-refractivity contribution is 9.10. The number of halogens is 4. The molecule has 108 valence electrons. The van der Waals surface area contributed by atoms with Crippen LogP contribution in [0.3, 0.4) is 0 Å². The predicted molar refractivity (Wildman–Crippen MR) is 71.0 cm³/mol. The molecule has 20 heavy (non-hydrogen) atoms. The van der Waals surface area contributed by atoms with Crippen LogP contribution < -0.4 is 0 Å². The van der Waals surface area contributed by atoms with Crippen molar-refractivity contribution in [2.24, 2.45) is 7.05 Å². The summed E-state index contributed by atoms with van der Waals surface area (Å²) >= 11 is 2.87. The summed E-state index contributed by atoms with van der Waals surface area (Å²) in [5.41, 5.74) is 0.195. The van der Waals surface area contributed by atoms with Gasteiger partial charge in [0.2, 0.25) is 0 Å². The second-order valence-electron chi connectivity index (χ2n) is 4.48. The van der Waals surface area contributed by atoms with Crippen LogP contribution in [-0.4, -0.2) is 14.9 Å². The van der Waals surface area contributed by atoms with Crippen LogP contribution in [0.5, 0.6) is 0 Å². The second kappa shape index (κ2) is 5.57. The molecule has 0 bridgehead atoms. The Labute approximate surface area is 122 Å². The van der Waals surface area contributed by atoms with Gasteiger partial charge in [-0.05, 0) is 23.3 Å². The first kappa shape index (κ1) is 15.1. The van der Waals surface area contributed by atoms with Gasteiger partial charge in [0.15, 0.2) is 0 Å². The molecule has 3 nitrogen and oxygen atoms in total. The van der Waals surface area contributed by atoms with Crippen molar-refractivity contribution >= 4 is 15.9 Å². The van der Waals surface area contributed by atoms with Crippen LogP contribution in [-0.2, 0) is 19.6 Å². The van der Waals surface area contributed by atoms with E-state index in [1.165, 1.54) is 12.1 Å². The van der Waals surface area contributed by atoms with Gasteiger partial charge in [-0.1, -0.05) is 22.0 Å². The third-order valence-electron chi connectivity index (χ3n) is 2.87. The molecule has 0 fully saturated rings. The predicted octanol–water partition coefficient (Wildman–Crippen LogP) is 3.48. The fourth-order valence-corrected chi connectivity index (χ4v) is 2.36. The molecule has 1 N–H and O–H groups in total. The zero-order chi connectivity index (χ0) is 14.9. The fraction of sp³-hybridized carbons (Fsp3) is 0.308. The molecule has 0 aliphatic rings. The summed E-state index contributed by atoms with van der Waals surface area (Å²) in [5, 5.41) is 14.0. The molecule has 1 aromatic carbocycles. The highest BCUT2D eigenvalue weighted by atomic mass is 79.9. The van der Waals surface area contributed by atoms with E-state index in [0.717, 1.165) is 11.6 Å². The first-order valence-electron chi connectivity index (χ1n) is 5.79. The summed E-state index contributed by atoms with van der Waals surface area (Å²) in [5.74, 6) is 0. The van der Waals surface area contributed by atoms with E-state index in [1.54, 1.807) is 24.1 Å². The summed E-state index contributed by atoms with van der Waals surface area (Å²) in [4.78, 5) is 0. The Hall–Kier alpha value is -1.34. The Kier molecular flexibility index (Phi) is 4.19. The number of aryl methyl sites for hydroxylation is 1. The van der Waals surface area contributed by atoms with Crippen LogP contribution in [0.1, 0.15) is 22.8 Å². The highest BCUT2D eigenvalue weighted by Gasteiger charge is 2.33. The van der Waals surface area contributed by atoms with Crippen molar-refractivity contribution in [3.8, 4) is 0 Å². The van der Waals surface area contributed by atoms with Gasteiger partial charge in [0.1, 0.15) is 0 Å². The van der Waals surface area contributed by atoms with Gasteiger partial charge in [0, 0.05) is 24.1 Å². The summed E-state index contributed by atoms with van der Waals surface area (Å²) in [7, 11) is 1.73. The SMILES string of the molecule is Cn1cc(CC(O)c2ccc(Br)c(C(F)(F)F)c2)cn1. The van der Waals surface area contributed by atoms with Crippen molar-refractivity contribution < 1.29 is 18.3 Å². The summed E-state index contributed by atoms with van der Waals surface area (Å²) in [6.07, 6.45) is -1.96. The lowest BCUT2D eigenvalue weighted by Crippen LogP contribution is -2.09. The molecule has 0 spiro atoms. The maximum Gasteiger partial charge on any atom is 0.417 e. The molecular formula is C13H12BrF3N2O. The van der Waals surface area contributed by atoms with E-state index in [1.807, 2.05) is 0 Å². The molecular weight excluding hydrogens is 337 g/mol. The van der Waals surface area contributed by atoms with Crippen molar-refractivity contribution in [2.75, 3.05) is 0 Å². The number of aromatic nitrogens is 2. The van der Waals surface area contributed by atoms with Crippen molar-refractivity contribution in [1.29, 1.82) is 0 Å². The van der Waals surface area contributed by atoms with Gasteiger partial charge in [0.05, 0.1) is 17.9 Å². The third kappa shape index (κ3) is 3.40. The summed E-state index contributed by atoms with van der Waals surface area (Å²) < 4.78 is 39.9. The molecule has 0 saturated carbocycles. The van der Waals surface area contributed by atoms with Gasteiger partial charge >= 0.3 is 6.18 Å². The number of aliphatic hydroxyl groups is 1. The lowest BCUT2D eigenvalue weighted by atomic mass is 10.0. The van der Waals surface area contributed by atoms with Gasteiger partial charge in [-0.15, -0.1) is 0 Å². The first-order valence-corrected chi connectivity index (χ1v) is 6.59. The average Bonchev–Trinajstić information content (AvgIpc) is 2.73. The minimum atomic E-state index is -4.46. The van der Waals surface area contributed by atoms with Gasteiger partial charge in [-0.2, -0.15) is 18.3 Å². The van der Waals surface area contributed by atoms with Crippen LogP contribution in [0, 0.1) is 0 Å². The van der Waals surface area contributed by atoms with E-state index < -0.39 is 17.8 Å². The number of alkyl halides is 3. The van der Waals surface area contributed by atoms with Crippen molar-refractivity contribution in [3.63, 3.8) is 0 Å². The zero-order valence-corrected chi connectivity index (χ0v) is 12.1. The Morgan fingerprint density at radius 3 is 2.65 bits per heavy atom. The molecule has 0 aliphatic carbocycles. The number of benzene rings is 1. The monoisotopic (exact) mass is 348 g/mol. The topological polar surface area (TPSA) is 38.0 Å². The standard InChI is InChI=1S/C13H12BrF3N2O/c1-19-7-8(6-18-19)4-12(20)9-2-3-11(14)10(5-9)13(15,16)17/h2-3,5-7,12,20H,4H2,1H3. The first-order chi connectivity index (χ1) is 9.27. The molecule has 2 aromatic rings. The normalized spacial score (nSPS) is 13.5. The Bertz CT molecular complexity index is 610. The van der Waals surface area contributed by atoms with E-state index in [-0.39, 0.29) is 16.5 Å². The third-order valence-corrected chi connectivity index (χ3v) is 3.56. The van der Waals surface area contributed by atoms with E-state index in [9.17, 15) is 18.3 Å². The number of rotatable bonds is 3. The lowest BCUT2D eigenvalue weighted by Gasteiger charge is -2.14. The Morgan fingerprint density at radius 2 is 2.10 bits per heavy atom. The van der Waals surface area contributed by atoms with Crippen LogP contribution in [0.25, 0.3) is 0 Å². The largest absolute Gasteiger partial charge is 0.417 e. The van der Waals surface area contributed by atoms with Crippen LogP contribution in [0.2, 0.25) is 0 Å². The summed E-state index contributed by atoms with van der Waals surface area (Å²) in [6, 6.07) is 3.73. The van der Waals surface area contributed by atoms with E-state index in [0.29, 0.717) is 0 Å². The number of nitrogens with zero attached hydrogens (tertiary/aromatic N) is 2. The Morgan fingerprint density at radius 1 is 1.40 bits per heavy atom. The summed E-state index contributed by atoms with van der Waals surface area (Å²) in [6.45, 7) is 0. The molecule has 2 rings (SSSR count). The fourth-order valence-electron chi connectivity index (χ4n) is 1.89. The maximum atomic E-state index is 12.8. The molecule has 1 atom stereocenters. The molecule has 1 heterocycles. The molecule has 7 heteroatoms. The van der Waals surface area contributed by atoms with E-state index in [2.05, 4.69) is 21.0 Å². The van der Waals surface area contributed by atoms with Crippen LogP contribution in [0.15, 0.2) is 35.1 Å². The molecule has 1 aromatic heterocycles. The Balaban J connectivity index is 2.24. The van der Waals surface area contributed by atoms with Crippen LogP contribution >= 0.6 is 15.9 Å². The molecule has 0 saturated heterocycles. The number of hydrogen-bond acceptors (Lipinski definition) is 2. The lowest BCUT2D eigenvalue weighted by molar-refractivity contribution is -0.138. The van der Waals surface area contributed by atoms with E-state index >= 15 is 0 Å². The minimum Gasteiger partial charge on any atom is -0.388 e. The highest BCUT2D eigenvalue weighted by Crippen LogP contribution is 2.36. The van der Waals surface area contributed by atoms with Gasteiger partial charge in [-0.25, -0.2) is 0 Å². The minimum absolute atomic E-state index is 0.0395. The molecule has 0 amide bonds. The van der Waals surface area contributed by atoms with Crippen molar-refractivity contribution in [2.45, 2.75) is 18.7 Å². The zero-order valence-electron chi connectivity index (χ0n) is 10.5. The average molecular weight is 349 g/mol. The van der Waals surface area contributed by atoms with Crippen molar-refractivity contribution in [1.82, 2.24) is 9.78 Å². The second-order valence-corrected chi connectivity index (χ2v) is 5.33. The number of hydrogen-bond donors (Lipinski definition) is 1. The van der Waals surface area contributed by atoms with Gasteiger partial charge in [0.25, 0.3) is 0 Å². The quantitative estimate of drug-likeness (QED) is 0.922. The molecule has 0 radical (unpaired) electrons. The van der Waals surface area contributed by atoms with Gasteiger partial charge < -0.3 is 5.11 Å². The van der Waals surface area contributed by atoms with E-state index in [4.69, 9.17) is 0 Å². The van der Waals surface area contributed by atoms with Crippen molar-refractivity contribution in [3.05, 3.63) is 51.8 Å².